The van der Waals surface area contributed by atoms with Crippen LogP contribution in [0.2, 0.25) is 5.02 Å². The first-order valence-electron chi connectivity index (χ1n) is 12.3. The van der Waals surface area contributed by atoms with Gasteiger partial charge in [0.25, 0.3) is 5.56 Å². The maximum Gasteiger partial charge on any atom is 0.331 e. The van der Waals surface area contributed by atoms with Gasteiger partial charge in [0, 0.05) is 30.4 Å². The number of rotatable bonds is 8. The minimum atomic E-state index is -0.274. The number of halogens is 1. The summed E-state index contributed by atoms with van der Waals surface area (Å²) in [5.41, 5.74) is 2.30. The van der Waals surface area contributed by atoms with Gasteiger partial charge in [-0.3, -0.25) is 18.8 Å². The number of hydrogen-bond donors (Lipinski definition) is 0. The molecule has 1 aromatic heterocycles. The number of benzene rings is 2. The van der Waals surface area contributed by atoms with E-state index in [1.807, 2.05) is 56.3 Å². The summed E-state index contributed by atoms with van der Waals surface area (Å²) >= 11 is 6.47. The quantitative estimate of drug-likeness (QED) is 0.462. The monoisotopic (exact) mass is 495 g/mol. The molecule has 3 aromatic rings. The van der Waals surface area contributed by atoms with E-state index >= 15 is 0 Å². The average molecular weight is 496 g/mol. The fourth-order valence-electron chi connectivity index (χ4n) is 4.72. The second kappa shape index (κ2) is 11.3. The highest BCUT2D eigenvalue weighted by atomic mass is 35.5. The summed E-state index contributed by atoms with van der Waals surface area (Å²) in [5, 5.41) is 0.787. The summed E-state index contributed by atoms with van der Waals surface area (Å²) < 4.78 is 8.74. The Kier molecular flexibility index (Phi) is 8.14. The van der Waals surface area contributed by atoms with Crippen LogP contribution in [0.15, 0.2) is 64.2 Å². The minimum absolute atomic E-state index is 0.128. The molecule has 0 bridgehead atoms. The number of aromatic nitrogens is 2. The molecule has 1 aliphatic heterocycles. The Morgan fingerprint density at radius 2 is 1.71 bits per heavy atom. The largest absolute Gasteiger partial charge is 0.491 e. The van der Waals surface area contributed by atoms with Gasteiger partial charge in [-0.25, -0.2) is 4.79 Å². The highest BCUT2D eigenvalue weighted by Gasteiger charge is 2.22. The van der Waals surface area contributed by atoms with Gasteiger partial charge < -0.3 is 4.74 Å². The van der Waals surface area contributed by atoms with Crippen molar-refractivity contribution in [3.8, 4) is 5.75 Å². The van der Waals surface area contributed by atoms with Gasteiger partial charge in [0.2, 0.25) is 0 Å². The molecule has 0 N–H and O–H groups in total. The van der Waals surface area contributed by atoms with Gasteiger partial charge in [0.05, 0.1) is 12.6 Å². The fourth-order valence-corrected chi connectivity index (χ4v) is 4.92. The van der Waals surface area contributed by atoms with Gasteiger partial charge >= 0.3 is 5.69 Å². The summed E-state index contributed by atoms with van der Waals surface area (Å²) in [6, 6.07) is 17.1. The second-order valence-electron chi connectivity index (χ2n) is 9.73. The van der Waals surface area contributed by atoms with E-state index in [1.165, 1.54) is 4.57 Å². The lowest BCUT2D eigenvalue weighted by Gasteiger charge is -2.32. The Balaban J connectivity index is 1.38. The molecule has 1 aliphatic rings. The van der Waals surface area contributed by atoms with Crippen molar-refractivity contribution in [1.82, 2.24) is 14.0 Å². The van der Waals surface area contributed by atoms with E-state index in [0.29, 0.717) is 12.5 Å². The Labute approximate surface area is 211 Å². The molecule has 4 rings (SSSR count). The molecular formula is C28H34ClN3O3. The van der Waals surface area contributed by atoms with E-state index in [9.17, 15) is 9.59 Å². The van der Waals surface area contributed by atoms with Gasteiger partial charge in [-0.2, -0.15) is 0 Å². The van der Waals surface area contributed by atoms with Crippen molar-refractivity contribution in [3.63, 3.8) is 0 Å². The standard InChI is InChI=1S/C28H34ClN3O3/c1-20(2)35-25-9-10-26(29)23(16-25)15-21-11-13-31(14-12-21)19-24-17-27(33)32(28(34)30(24)3)18-22-7-5-4-6-8-22/h4-10,16-17,20-21H,11-15,18-19H2,1-3H3. The molecule has 0 atom stereocenters. The van der Waals surface area contributed by atoms with Crippen LogP contribution in [0, 0.1) is 5.92 Å². The lowest BCUT2D eigenvalue weighted by molar-refractivity contribution is 0.173. The predicted molar refractivity (Wildman–Crippen MR) is 140 cm³/mol. The summed E-state index contributed by atoms with van der Waals surface area (Å²) in [6.45, 7) is 6.76. The topological polar surface area (TPSA) is 56.5 Å². The number of nitrogens with zero attached hydrogens (tertiary/aromatic N) is 3. The number of likely N-dealkylation sites (tertiary alicyclic amines) is 1. The number of piperidine rings is 1. The minimum Gasteiger partial charge on any atom is -0.491 e. The smallest absolute Gasteiger partial charge is 0.331 e. The SMILES string of the molecule is CC(C)Oc1ccc(Cl)c(CC2CCN(Cc3cc(=O)n(Cc4ccccc4)c(=O)n3C)CC2)c1. The van der Waals surface area contributed by atoms with Crippen molar-refractivity contribution in [3.05, 3.63) is 97.3 Å². The maximum absolute atomic E-state index is 12.9. The second-order valence-corrected chi connectivity index (χ2v) is 10.1. The van der Waals surface area contributed by atoms with Crippen molar-refractivity contribution in [2.24, 2.45) is 13.0 Å². The molecular weight excluding hydrogens is 462 g/mol. The Morgan fingerprint density at radius 3 is 2.40 bits per heavy atom. The van der Waals surface area contributed by atoms with E-state index in [4.69, 9.17) is 16.3 Å². The highest BCUT2D eigenvalue weighted by Crippen LogP contribution is 2.29. The molecule has 2 aromatic carbocycles. The Bertz CT molecular complexity index is 1260. The maximum atomic E-state index is 12.9. The van der Waals surface area contributed by atoms with Gasteiger partial charge in [0.15, 0.2) is 0 Å². The van der Waals surface area contributed by atoms with Crippen LogP contribution < -0.4 is 16.0 Å². The van der Waals surface area contributed by atoms with Gasteiger partial charge in [-0.15, -0.1) is 0 Å². The van der Waals surface area contributed by atoms with Crippen LogP contribution in [0.1, 0.15) is 43.5 Å². The molecule has 2 heterocycles. The zero-order chi connectivity index (χ0) is 24.9. The fraction of sp³-hybridized carbons (Fsp3) is 0.429. The molecule has 0 saturated carbocycles. The average Bonchev–Trinajstić information content (AvgIpc) is 2.84. The van der Waals surface area contributed by atoms with Crippen LogP contribution in [0.4, 0.5) is 0 Å². The molecule has 7 heteroatoms. The van der Waals surface area contributed by atoms with Crippen molar-refractivity contribution in [2.75, 3.05) is 13.1 Å². The summed E-state index contributed by atoms with van der Waals surface area (Å²) in [7, 11) is 1.75. The van der Waals surface area contributed by atoms with E-state index in [2.05, 4.69) is 11.0 Å². The molecule has 1 saturated heterocycles. The van der Waals surface area contributed by atoms with Crippen LogP contribution in [0.25, 0.3) is 0 Å². The number of ether oxygens (including phenoxy) is 1. The zero-order valence-corrected chi connectivity index (χ0v) is 21.5. The third kappa shape index (κ3) is 6.44. The summed E-state index contributed by atoms with van der Waals surface area (Å²) in [5.74, 6) is 1.40. The Morgan fingerprint density at radius 1 is 1.00 bits per heavy atom. The molecule has 186 valence electrons. The predicted octanol–water partition coefficient (Wildman–Crippen LogP) is 4.49. The van der Waals surface area contributed by atoms with E-state index in [1.54, 1.807) is 17.7 Å². The van der Waals surface area contributed by atoms with Crippen LogP contribution in [-0.2, 0) is 26.6 Å². The molecule has 0 amide bonds. The van der Waals surface area contributed by atoms with E-state index < -0.39 is 0 Å². The van der Waals surface area contributed by atoms with E-state index in [-0.39, 0.29) is 23.9 Å². The normalized spacial score (nSPS) is 15.0. The third-order valence-electron chi connectivity index (χ3n) is 6.68. The third-order valence-corrected chi connectivity index (χ3v) is 7.05. The molecule has 6 nitrogen and oxygen atoms in total. The molecule has 0 unspecified atom stereocenters. The van der Waals surface area contributed by atoms with Crippen molar-refractivity contribution >= 4 is 11.6 Å². The molecule has 0 radical (unpaired) electrons. The van der Waals surface area contributed by atoms with Gasteiger partial charge in [-0.1, -0.05) is 41.9 Å². The van der Waals surface area contributed by atoms with E-state index in [0.717, 1.165) is 59.9 Å². The van der Waals surface area contributed by atoms with Crippen molar-refractivity contribution in [1.29, 1.82) is 0 Å². The van der Waals surface area contributed by atoms with Gasteiger partial charge in [-0.05, 0) is 81.4 Å². The lowest BCUT2D eigenvalue weighted by Crippen LogP contribution is -2.42. The first-order chi connectivity index (χ1) is 16.8. The molecule has 0 spiro atoms. The Hall–Kier alpha value is -2.83. The molecule has 0 aliphatic carbocycles. The molecule has 35 heavy (non-hydrogen) atoms. The van der Waals surface area contributed by atoms with Gasteiger partial charge in [0.1, 0.15) is 5.75 Å². The van der Waals surface area contributed by atoms with Crippen molar-refractivity contribution in [2.45, 2.75) is 52.3 Å². The van der Waals surface area contributed by atoms with Crippen LogP contribution in [0.5, 0.6) is 5.75 Å². The van der Waals surface area contributed by atoms with Crippen LogP contribution in [0.3, 0.4) is 0 Å². The molecule has 1 fully saturated rings. The lowest BCUT2D eigenvalue weighted by atomic mass is 9.90. The first kappa shape index (κ1) is 25.3. The van der Waals surface area contributed by atoms with Crippen LogP contribution in [-0.4, -0.2) is 33.2 Å². The highest BCUT2D eigenvalue weighted by molar-refractivity contribution is 6.31. The number of hydrogen-bond acceptors (Lipinski definition) is 4. The summed E-state index contributed by atoms with van der Waals surface area (Å²) in [4.78, 5) is 28.0. The van der Waals surface area contributed by atoms with Crippen LogP contribution >= 0.6 is 11.6 Å². The first-order valence-corrected chi connectivity index (χ1v) is 12.7. The zero-order valence-electron chi connectivity index (χ0n) is 20.7. The van der Waals surface area contributed by atoms with Crippen molar-refractivity contribution < 1.29 is 4.74 Å². The summed E-state index contributed by atoms with van der Waals surface area (Å²) in [6.07, 6.45) is 3.15.